The molecule has 2 heteroatoms. The zero-order chi connectivity index (χ0) is 18.0. The van der Waals surface area contributed by atoms with Gasteiger partial charge in [0.2, 0.25) is 0 Å². The molecule has 1 aromatic carbocycles. The Kier molecular flexibility index (Phi) is 9.62. The second-order valence-corrected chi connectivity index (χ2v) is 18.5. The molecule has 1 nitrogen and oxygen atoms in total. The van der Waals surface area contributed by atoms with E-state index in [-0.39, 0.29) is 0 Å². The van der Waals surface area contributed by atoms with E-state index in [0.717, 1.165) is 0 Å². The van der Waals surface area contributed by atoms with Crippen LogP contribution < -0.4 is 0 Å². The Morgan fingerprint density at radius 1 is 0.840 bits per heavy atom. The van der Waals surface area contributed by atoms with Gasteiger partial charge in [-0.2, -0.15) is 0 Å². The predicted octanol–water partition coefficient (Wildman–Crippen LogP) is 7.76. The topological polar surface area (TPSA) is 9.23 Å². The standard InChI is InChI=1S/C23H40GeO/c1-4-7-17-24(18-8-5-2,19-9-6-3)20-22-15-16-23(25-22)21-13-11-10-12-14-21/h10-14,22-23H,4-9,15-20H2,1-3H3/t22-,23-/m0/s1. The molecule has 1 aliphatic heterocycles. The van der Waals surface area contributed by atoms with E-state index in [9.17, 15) is 0 Å². The summed E-state index contributed by atoms with van der Waals surface area (Å²) in [7, 11) is 0. The third-order valence-corrected chi connectivity index (χ3v) is 17.8. The fraction of sp³-hybridized carbons (Fsp3) is 0.739. The predicted molar refractivity (Wildman–Crippen MR) is 113 cm³/mol. The first-order valence-corrected chi connectivity index (χ1v) is 16.9. The van der Waals surface area contributed by atoms with E-state index in [1.165, 1.54) is 62.2 Å². The molecule has 0 aliphatic carbocycles. The summed E-state index contributed by atoms with van der Waals surface area (Å²) in [6.45, 7) is 7.10. The number of ether oxygens (including phenoxy) is 1. The van der Waals surface area contributed by atoms with Crippen molar-refractivity contribution < 1.29 is 4.74 Å². The van der Waals surface area contributed by atoms with Crippen LogP contribution in [0.3, 0.4) is 0 Å². The van der Waals surface area contributed by atoms with Gasteiger partial charge < -0.3 is 0 Å². The summed E-state index contributed by atoms with van der Waals surface area (Å²) in [6, 6.07) is 10.9. The fourth-order valence-corrected chi connectivity index (χ4v) is 17.0. The monoisotopic (exact) mass is 406 g/mol. The molecule has 0 radical (unpaired) electrons. The van der Waals surface area contributed by atoms with E-state index in [1.54, 1.807) is 15.8 Å². The van der Waals surface area contributed by atoms with Crippen molar-refractivity contribution in [3.63, 3.8) is 0 Å². The van der Waals surface area contributed by atoms with Crippen LogP contribution in [0.5, 0.6) is 0 Å². The van der Waals surface area contributed by atoms with Gasteiger partial charge in [-0.1, -0.05) is 0 Å². The van der Waals surface area contributed by atoms with Gasteiger partial charge in [0.1, 0.15) is 0 Å². The first kappa shape index (κ1) is 21.0. The first-order valence-electron chi connectivity index (χ1n) is 10.9. The van der Waals surface area contributed by atoms with Crippen LogP contribution in [0.1, 0.15) is 83.8 Å². The molecule has 1 aromatic rings. The quantitative estimate of drug-likeness (QED) is 0.323. The van der Waals surface area contributed by atoms with Crippen LogP contribution in [-0.4, -0.2) is 19.4 Å². The van der Waals surface area contributed by atoms with E-state index in [2.05, 4.69) is 51.1 Å². The van der Waals surface area contributed by atoms with Gasteiger partial charge in [-0.15, -0.1) is 0 Å². The summed E-state index contributed by atoms with van der Waals surface area (Å²) in [4.78, 5) is 0. The molecule has 1 saturated heterocycles. The Labute approximate surface area is 159 Å². The summed E-state index contributed by atoms with van der Waals surface area (Å²) >= 11 is -1.78. The third kappa shape index (κ3) is 6.75. The Morgan fingerprint density at radius 2 is 1.40 bits per heavy atom. The maximum absolute atomic E-state index is 6.59. The summed E-state index contributed by atoms with van der Waals surface area (Å²) in [5, 5.41) is 6.24. The van der Waals surface area contributed by atoms with Crippen molar-refractivity contribution in [1.29, 1.82) is 0 Å². The van der Waals surface area contributed by atoms with Crippen LogP contribution >= 0.6 is 0 Å². The zero-order valence-corrected chi connectivity index (χ0v) is 19.0. The molecule has 25 heavy (non-hydrogen) atoms. The van der Waals surface area contributed by atoms with Crippen molar-refractivity contribution in [3.8, 4) is 0 Å². The third-order valence-electron chi connectivity index (χ3n) is 6.12. The summed E-state index contributed by atoms with van der Waals surface area (Å²) in [6.07, 6.45) is 11.9. The van der Waals surface area contributed by atoms with Crippen molar-refractivity contribution in [3.05, 3.63) is 35.9 Å². The Bertz CT molecular complexity index is 437. The second kappa shape index (κ2) is 11.4. The van der Waals surface area contributed by atoms with Gasteiger partial charge in [0, 0.05) is 0 Å². The van der Waals surface area contributed by atoms with E-state index in [0.29, 0.717) is 12.2 Å². The van der Waals surface area contributed by atoms with E-state index in [4.69, 9.17) is 4.74 Å². The first-order chi connectivity index (χ1) is 12.2. The van der Waals surface area contributed by atoms with Crippen molar-refractivity contribution in [2.45, 2.75) is 105 Å². The molecule has 1 heterocycles. The molecular weight excluding hydrogens is 365 g/mol. The van der Waals surface area contributed by atoms with E-state index >= 15 is 0 Å². The van der Waals surface area contributed by atoms with Gasteiger partial charge in [0.05, 0.1) is 0 Å². The van der Waals surface area contributed by atoms with Crippen molar-refractivity contribution in [2.75, 3.05) is 0 Å². The number of hydrogen-bond donors (Lipinski definition) is 0. The summed E-state index contributed by atoms with van der Waals surface area (Å²) < 4.78 is 6.59. The molecule has 0 amide bonds. The molecule has 0 spiro atoms. The molecule has 0 bridgehead atoms. The van der Waals surface area contributed by atoms with Gasteiger partial charge in [-0.05, 0) is 0 Å². The summed E-state index contributed by atoms with van der Waals surface area (Å²) in [5.74, 6) is 0. The average Bonchev–Trinajstić information content (AvgIpc) is 3.12. The van der Waals surface area contributed by atoms with Gasteiger partial charge in [-0.3, -0.25) is 0 Å². The van der Waals surface area contributed by atoms with E-state index in [1.807, 2.05) is 0 Å². The number of hydrogen-bond acceptors (Lipinski definition) is 1. The zero-order valence-electron chi connectivity index (χ0n) is 16.9. The minimum atomic E-state index is -1.78. The fourth-order valence-electron chi connectivity index (χ4n) is 4.59. The second-order valence-electron chi connectivity index (χ2n) is 8.25. The molecule has 0 aromatic heterocycles. The van der Waals surface area contributed by atoms with Crippen LogP contribution in [0.15, 0.2) is 30.3 Å². The van der Waals surface area contributed by atoms with E-state index < -0.39 is 13.3 Å². The van der Waals surface area contributed by atoms with Crippen LogP contribution in [0.2, 0.25) is 21.0 Å². The van der Waals surface area contributed by atoms with Crippen molar-refractivity contribution in [1.82, 2.24) is 0 Å². The van der Waals surface area contributed by atoms with Crippen molar-refractivity contribution in [2.24, 2.45) is 0 Å². The van der Waals surface area contributed by atoms with Gasteiger partial charge in [0.15, 0.2) is 0 Å². The molecule has 0 N–H and O–H groups in total. The summed E-state index contributed by atoms with van der Waals surface area (Å²) in [5.41, 5.74) is 1.39. The number of benzene rings is 1. The number of rotatable bonds is 12. The van der Waals surface area contributed by atoms with Crippen LogP contribution in [-0.2, 0) is 4.74 Å². The molecule has 2 rings (SSSR count). The Morgan fingerprint density at radius 3 is 1.92 bits per heavy atom. The SMILES string of the molecule is CCC[CH2][Ge]([CH2]CCC)([CH2]CCC)[CH2][C@@H]1CC[C@@H](c2ccccc2)O1. The van der Waals surface area contributed by atoms with Crippen LogP contribution in [0.25, 0.3) is 0 Å². The molecular formula is C23H40GeO. The van der Waals surface area contributed by atoms with Gasteiger partial charge in [-0.25, -0.2) is 0 Å². The normalized spacial score (nSPS) is 20.9. The van der Waals surface area contributed by atoms with Gasteiger partial charge in [0.25, 0.3) is 0 Å². The molecule has 0 unspecified atom stereocenters. The number of unbranched alkanes of at least 4 members (excludes halogenated alkanes) is 3. The molecule has 0 saturated carbocycles. The minimum absolute atomic E-state index is 0.356. The maximum atomic E-state index is 6.59. The molecule has 142 valence electrons. The van der Waals surface area contributed by atoms with Crippen LogP contribution in [0, 0.1) is 0 Å². The molecule has 2 atom stereocenters. The van der Waals surface area contributed by atoms with Crippen molar-refractivity contribution >= 4 is 13.3 Å². The van der Waals surface area contributed by atoms with Crippen LogP contribution in [0.4, 0.5) is 0 Å². The Hall–Kier alpha value is -0.277. The molecule has 1 aliphatic rings. The van der Waals surface area contributed by atoms with Gasteiger partial charge >= 0.3 is 159 Å². The molecule has 1 fully saturated rings. The average molecular weight is 405 g/mol. The Balaban J connectivity index is 2.01.